The normalized spacial score (nSPS) is 23.9. The lowest BCUT2D eigenvalue weighted by molar-refractivity contribution is 0.150. The van der Waals surface area contributed by atoms with Gasteiger partial charge < -0.3 is 15.0 Å². The molecular weight excluding hydrogens is 278 g/mol. The van der Waals surface area contributed by atoms with Crippen molar-refractivity contribution in [3.05, 3.63) is 21.7 Å². The fourth-order valence-corrected chi connectivity index (χ4v) is 3.70. The van der Waals surface area contributed by atoms with E-state index in [0.29, 0.717) is 0 Å². The summed E-state index contributed by atoms with van der Waals surface area (Å²) < 4.78 is 0. The van der Waals surface area contributed by atoms with E-state index in [-0.39, 0.29) is 11.8 Å². The Morgan fingerprint density at radius 1 is 1.00 bits per heavy atom. The Hall–Kier alpha value is -1.36. The molecule has 1 aliphatic heterocycles. The van der Waals surface area contributed by atoms with Gasteiger partial charge in [-0.05, 0) is 44.9 Å². The zero-order valence-corrected chi connectivity index (χ0v) is 13.3. The largest absolute Gasteiger partial charge is 0.393 e. The second kappa shape index (κ2) is 7.27. The van der Waals surface area contributed by atoms with Crippen molar-refractivity contribution in [2.75, 3.05) is 18.0 Å². The van der Waals surface area contributed by atoms with Crippen LogP contribution in [0.1, 0.15) is 62.6 Å². The first-order chi connectivity index (χ1) is 10.7. The highest BCUT2D eigenvalue weighted by Crippen LogP contribution is 2.26. The van der Waals surface area contributed by atoms with Crippen LogP contribution in [-0.2, 0) is 12.8 Å². The molecular formula is C17H27N3O2. The Bertz CT molecular complexity index is 547. The van der Waals surface area contributed by atoms with Gasteiger partial charge in [0.15, 0.2) is 0 Å². The molecule has 1 fully saturated rings. The highest BCUT2D eigenvalue weighted by Gasteiger charge is 2.21. The first-order valence-electron chi connectivity index (χ1n) is 8.79. The van der Waals surface area contributed by atoms with Crippen LogP contribution in [0.2, 0.25) is 0 Å². The highest BCUT2D eigenvalue weighted by atomic mass is 16.3. The number of aromatic amines is 1. The van der Waals surface area contributed by atoms with Gasteiger partial charge in [0.1, 0.15) is 5.82 Å². The lowest BCUT2D eigenvalue weighted by Crippen LogP contribution is -2.32. The summed E-state index contributed by atoms with van der Waals surface area (Å²) in [6, 6.07) is 0. The van der Waals surface area contributed by atoms with Crippen molar-refractivity contribution >= 4 is 5.82 Å². The summed E-state index contributed by atoms with van der Waals surface area (Å²) in [6.45, 7) is 2.01. The third-order valence-corrected chi connectivity index (χ3v) is 4.95. The molecule has 1 aliphatic carbocycles. The van der Waals surface area contributed by atoms with E-state index in [1.807, 2.05) is 0 Å². The lowest BCUT2D eigenvalue weighted by Gasteiger charge is -2.29. The molecule has 0 radical (unpaired) electrons. The van der Waals surface area contributed by atoms with E-state index in [2.05, 4.69) is 14.9 Å². The average Bonchev–Trinajstić information content (AvgIpc) is 2.44. The van der Waals surface area contributed by atoms with Crippen molar-refractivity contribution < 1.29 is 5.11 Å². The summed E-state index contributed by atoms with van der Waals surface area (Å²) in [6.07, 6.45) is 10.2. The van der Waals surface area contributed by atoms with Gasteiger partial charge in [-0.1, -0.05) is 19.3 Å². The molecule has 22 heavy (non-hydrogen) atoms. The number of anilines is 1. The molecule has 1 atom stereocenters. The van der Waals surface area contributed by atoms with E-state index >= 15 is 0 Å². The molecule has 5 nitrogen and oxygen atoms in total. The van der Waals surface area contributed by atoms with Gasteiger partial charge in [0.2, 0.25) is 0 Å². The quantitative estimate of drug-likeness (QED) is 0.834. The van der Waals surface area contributed by atoms with Crippen LogP contribution in [0.3, 0.4) is 0 Å². The molecule has 0 bridgehead atoms. The van der Waals surface area contributed by atoms with Gasteiger partial charge in [0, 0.05) is 24.3 Å². The number of hydrogen-bond donors (Lipinski definition) is 2. The van der Waals surface area contributed by atoms with Crippen LogP contribution in [0.15, 0.2) is 4.79 Å². The zero-order valence-electron chi connectivity index (χ0n) is 13.3. The summed E-state index contributed by atoms with van der Waals surface area (Å²) >= 11 is 0. The van der Waals surface area contributed by atoms with Crippen molar-refractivity contribution in [2.45, 2.75) is 70.3 Å². The summed E-state index contributed by atoms with van der Waals surface area (Å²) in [5, 5.41) is 9.88. The van der Waals surface area contributed by atoms with E-state index < -0.39 is 0 Å². The molecule has 3 rings (SSSR count). The summed E-state index contributed by atoms with van der Waals surface area (Å²) in [5.74, 6) is 0.914. The summed E-state index contributed by atoms with van der Waals surface area (Å²) in [7, 11) is 0. The number of rotatable bonds is 1. The maximum Gasteiger partial charge on any atom is 0.347 e. The lowest BCUT2D eigenvalue weighted by atomic mass is 9.95. The molecule has 1 unspecified atom stereocenters. The molecule has 2 heterocycles. The fourth-order valence-electron chi connectivity index (χ4n) is 3.70. The Labute approximate surface area is 131 Å². The number of aryl methyl sites for hydroxylation is 1. The third kappa shape index (κ3) is 3.69. The molecule has 122 valence electrons. The maximum absolute atomic E-state index is 12.0. The smallest absolute Gasteiger partial charge is 0.347 e. The molecule has 2 aliphatic rings. The first kappa shape index (κ1) is 15.5. The Balaban J connectivity index is 1.92. The van der Waals surface area contributed by atoms with Crippen LogP contribution >= 0.6 is 0 Å². The Morgan fingerprint density at radius 3 is 2.50 bits per heavy atom. The predicted octanol–water partition coefficient (Wildman–Crippen LogP) is 2.17. The van der Waals surface area contributed by atoms with Crippen molar-refractivity contribution in [1.82, 2.24) is 9.97 Å². The summed E-state index contributed by atoms with van der Waals surface area (Å²) in [5.41, 5.74) is 1.97. The van der Waals surface area contributed by atoms with Gasteiger partial charge in [-0.25, -0.2) is 4.79 Å². The average molecular weight is 305 g/mol. The molecule has 1 aromatic rings. The van der Waals surface area contributed by atoms with Gasteiger partial charge in [-0.2, -0.15) is 4.98 Å². The molecule has 1 saturated heterocycles. The van der Waals surface area contributed by atoms with E-state index in [9.17, 15) is 9.90 Å². The van der Waals surface area contributed by atoms with Crippen molar-refractivity contribution in [3.8, 4) is 0 Å². The van der Waals surface area contributed by atoms with Crippen LogP contribution in [0, 0.1) is 0 Å². The highest BCUT2D eigenvalue weighted by molar-refractivity contribution is 5.49. The minimum Gasteiger partial charge on any atom is -0.393 e. The van der Waals surface area contributed by atoms with Crippen molar-refractivity contribution in [2.24, 2.45) is 0 Å². The van der Waals surface area contributed by atoms with Crippen LogP contribution < -0.4 is 10.6 Å². The maximum atomic E-state index is 12.0. The van der Waals surface area contributed by atoms with E-state index in [0.717, 1.165) is 56.7 Å². The zero-order chi connectivity index (χ0) is 15.4. The monoisotopic (exact) mass is 305 g/mol. The fraction of sp³-hybridized carbons (Fsp3) is 0.765. The number of hydrogen-bond acceptors (Lipinski definition) is 4. The molecule has 0 amide bonds. The SMILES string of the molecule is O=c1nc(N2CCCCCCC2)c2c([nH]1)CCC(O)CCC2. The summed E-state index contributed by atoms with van der Waals surface area (Å²) in [4.78, 5) is 21.6. The van der Waals surface area contributed by atoms with Gasteiger partial charge in [0.25, 0.3) is 0 Å². The van der Waals surface area contributed by atoms with Crippen molar-refractivity contribution in [1.29, 1.82) is 0 Å². The van der Waals surface area contributed by atoms with Gasteiger partial charge in [-0.15, -0.1) is 0 Å². The number of nitrogens with zero attached hydrogens (tertiary/aromatic N) is 2. The molecule has 0 aromatic carbocycles. The minimum atomic E-state index is -0.245. The molecule has 0 spiro atoms. The number of nitrogens with one attached hydrogen (secondary N) is 1. The number of H-pyrrole nitrogens is 1. The van der Waals surface area contributed by atoms with Crippen LogP contribution in [0.25, 0.3) is 0 Å². The Kier molecular flexibility index (Phi) is 5.13. The second-order valence-corrected chi connectivity index (χ2v) is 6.66. The molecule has 1 aromatic heterocycles. The number of aliphatic hydroxyl groups is 1. The van der Waals surface area contributed by atoms with E-state index in [4.69, 9.17) is 0 Å². The molecule has 5 heteroatoms. The second-order valence-electron chi connectivity index (χ2n) is 6.66. The van der Waals surface area contributed by atoms with Gasteiger partial charge in [-0.3, -0.25) is 0 Å². The van der Waals surface area contributed by atoms with Crippen molar-refractivity contribution in [3.63, 3.8) is 0 Å². The number of aliphatic hydroxyl groups excluding tert-OH is 1. The molecule has 0 saturated carbocycles. The van der Waals surface area contributed by atoms with Gasteiger partial charge >= 0.3 is 5.69 Å². The number of fused-ring (bicyclic) bond motifs is 1. The van der Waals surface area contributed by atoms with Crippen LogP contribution in [-0.4, -0.2) is 34.3 Å². The predicted molar refractivity (Wildman–Crippen MR) is 87.4 cm³/mol. The van der Waals surface area contributed by atoms with E-state index in [1.54, 1.807) is 0 Å². The van der Waals surface area contributed by atoms with Gasteiger partial charge in [0.05, 0.1) is 6.10 Å². The van der Waals surface area contributed by atoms with Crippen LogP contribution in [0.5, 0.6) is 0 Å². The third-order valence-electron chi connectivity index (χ3n) is 4.95. The standard InChI is InChI=1S/C17H27N3O2/c21-13-7-6-8-14-15(10-9-13)18-17(22)19-16(14)20-11-4-2-1-3-5-12-20/h13,21H,1-12H2,(H,18,19,22). The topological polar surface area (TPSA) is 69.2 Å². The number of aromatic nitrogens is 2. The van der Waals surface area contributed by atoms with E-state index in [1.165, 1.54) is 37.7 Å². The molecule has 2 N–H and O–H groups in total. The Morgan fingerprint density at radius 2 is 1.73 bits per heavy atom. The van der Waals surface area contributed by atoms with Crippen LogP contribution in [0.4, 0.5) is 5.82 Å². The minimum absolute atomic E-state index is 0.241. The first-order valence-corrected chi connectivity index (χ1v) is 8.79.